The molecule has 6 rings (SSSR count). The van der Waals surface area contributed by atoms with Crippen molar-refractivity contribution in [1.82, 2.24) is 5.32 Å². The van der Waals surface area contributed by atoms with Crippen molar-refractivity contribution in [3.8, 4) is 0 Å². The second-order valence-corrected chi connectivity index (χ2v) is 25.6. The molecule has 286 valence electrons. The molecule has 1 aliphatic heterocycles. The van der Waals surface area contributed by atoms with Crippen molar-refractivity contribution >= 4 is 37.6 Å². The van der Waals surface area contributed by atoms with E-state index in [4.69, 9.17) is 19.4 Å². The van der Waals surface area contributed by atoms with E-state index in [1.54, 1.807) is 96.3 Å². The van der Waals surface area contributed by atoms with Gasteiger partial charge in [-0.2, -0.15) is 6.67 Å². The second kappa shape index (κ2) is 24.2. The Bertz CT molecular complexity index is 1150. The summed E-state index contributed by atoms with van der Waals surface area (Å²) in [6.07, 6.45) is 24.9. The van der Waals surface area contributed by atoms with Gasteiger partial charge in [0.15, 0.2) is 0 Å². The predicted octanol–water partition coefficient (Wildman–Crippen LogP) is 13.7. The van der Waals surface area contributed by atoms with Gasteiger partial charge < -0.3 is 10.2 Å². The van der Waals surface area contributed by atoms with Crippen LogP contribution in [0.1, 0.15) is 150 Å². The Morgan fingerprint density at radius 3 is 1.36 bits per heavy atom. The Morgan fingerprint density at radius 1 is 0.680 bits per heavy atom. The number of anilines is 1. The van der Waals surface area contributed by atoms with Crippen molar-refractivity contribution in [2.24, 2.45) is 5.92 Å². The first-order valence-electron chi connectivity index (χ1n) is 20.1. The molecule has 4 aliphatic rings. The maximum Gasteiger partial charge on any atom is 0.0141 e. The van der Waals surface area contributed by atoms with Gasteiger partial charge in [-0.3, -0.25) is 0 Å². The van der Waals surface area contributed by atoms with Crippen molar-refractivity contribution in [3.05, 3.63) is 70.4 Å². The minimum Gasteiger partial charge on any atom is -0.507 e. The molecule has 1 heterocycles. The van der Waals surface area contributed by atoms with E-state index in [0.29, 0.717) is 5.92 Å². The van der Waals surface area contributed by atoms with Crippen LogP contribution in [0.4, 0.5) is 5.69 Å². The molecule has 3 saturated carbocycles. The van der Waals surface area contributed by atoms with Crippen LogP contribution >= 0.6 is 27.3 Å². The summed E-state index contributed by atoms with van der Waals surface area (Å²) in [5, 5.41) is 3.24. The fourth-order valence-corrected chi connectivity index (χ4v) is 16.1. The van der Waals surface area contributed by atoms with Gasteiger partial charge in [0.2, 0.25) is 0 Å². The number of hydrogen-bond acceptors (Lipinski definition) is 2. The third-order valence-corrected chi connectivity index (χ3v) is 17.7. The average Bonchev–Trinajstić information content (AvgIpc) is 3.60. The summed E-state index contributed by atoms with van der Waals surface area (Å²) in [5.74, 6) is 0.698. The van der Waals surface area contributed by atoms with Crippen LogP contribution in [0.5, 0.6) is 0 Å². The maximum atomic E-state index is 5.58. The summed E-state index contributed by atoms with van der Waals surface area (Å²) in [5.41, 5.74) is 13.2. The van der Waals surface area contributed by atoms with E-state index in [9.17, 15) is 0 Å². The molecule has 0 unspecified atom stereocenters. The van der Waals surface area contributed by atoms with Gasteiger partial charge in [-0.15, -0.1) is 0 Å². The van der Waals surface area contributed by atoms with Crippen molar-refractivity contribution in [2.45, 2.75) is 175 Å². The molecule has 50 heavy (non-hydrogen) atoms. The smallest absolute Gasteiger partial charge is 0.0141 e. The zero-order valence-corrected chi connectivity index (χ0v) is 37.4. The van der Waals surface area contributed by atoms with Crippen LogP contribution < -0.4 is 10.2 Å². The number of nitrogens with zero attached hydrogens (tertiary/aromatic N) is 1. The second-order valence-electron chi connectivity index (χ2n) is 16.2. The molecule has 1 saturated heterocycles. The molecule has 6 heteroatoms. The van der Waals surface area contributed by atoms with Gasteiger partial charge in [0.05, 0.1) is 17.0 Å². The minimum absolute atomic E-state index is 0.0465. The molecule has 0 amide bonds. The summed E-state index contributed by atoms with van der Waals surface area (Å²) in [6, 6.07) is 11.1. The predicted molar refractivity (Wildman–Crippen MR) is 227 cm³/mol. The molecule has 0 spiro atoms. The van der Waals surface area contributed by atoms with E-state index < -0.39 is 13.5 Å². The normalized spacial score (nSPS) is 19.2. The van der Waals surface area contributed by atoms with E-state index >= 15 is 0 Å². The standard InChI is InChI=1S/C18H33P.C12H17N2.C9H12.C5H10.2ClH.Ru/c1-4-10-16(11-5-1)19(17-12-6-2-7-13-17)18-14-8-3-9-15-18;1-9-6-10(2)12(11(3)7-9)14-5-4-13-8-14;1-7-4-8(2)6-9(3)5-7;1-4-5(2)3;;;/h16-18H,1-15H2;6-8,13H,4-5H2,1-3H3;4-6H,1-3H3;1,5H,4H2,2-3H3;2*1H;/q;-1;;;;;+2/p-1. The van der Waals surface area contributed by atoms with Crippen LogP contribution in [0.3, 0.4) is 0 Å². The number of rotatable bonds is 6. The third-order valence-electron chi connectivity index (χ3n) is 10.9. The fraction of sp³-hybridized carbons (Fsp3) is 0.682. The van der Waals surface area contributed by atoms with Gasteiger partial charge >= 0.3 is 63.7 Å². The van der Waals surface area contributed by atoms with E-state index in [2.05, 4.69) is 103 Å². The number of benzene rings is 2. The van der Waals surface area contributed by atoms with Crippen LogP contribution in [0.15, 0.2) is 30.3 Å². The Hall–Kier alpha value is -0.297. The van der Waals surface area contributed by atoms with Crippen molar-refractivity contribution < 1.29 is 13.5 Å². The molecular weight excluding hydrogens is 759 g/mol. The molecule has 2 nitrogen and oxygen atoms in total. The van der Waals surface area contributed by atoms with Crippen LogP contribution in [0.2, 0.25) is 0 Å². The molecule has 0 aromatic heterocycles. The summed E-state index contributed by atoms with van der Waals surface area (Å²) in [7, 11) is 11.1. The van der Waals surface area contributed by atoms with Crippen molar-refractivity contribution in [3.63, 3.8) is 0 Å². The topological polar surface area (TPSA) is 15.3 Å². The van der Waals surface area contributed by atoms with Gasteiger partial charge in [0, 0.05) is 13.6 Å². The molecule has 0 atom stereocenters. The first kappa shape index (κ1) is 44.1. The van der Waals surface area contributed by atoms with E-state index in [0.717, 1.165) is 19.5 Å². The van der Waals surface area contributed by atoms with Crippen LogP contribution in [0.25, 0.3) is 0 Å². The maximum absolute atomic E-state index is 5.58. The van der Waals surface area contributed by atoms with Crippen molar-refractivity contribution in [2.75, 3.05) is 18.0 Å². The van der Waals surface area contributed by atoms with Crippen LogP contribution in [-0.2, 0) is 13.5 Å². The molecule has 2 aromatic rings. The fourth-order valence-electron chi connectivity index (χ4n) is 8.97. The summed E-state index contributed by atoms with van der Waals surface area (Å²) in [6.45, 7) is 21.4. The van der Waals surface area contributed by atoms with E-state index in [1.807, 2.05) is 4.61 Å². The van der Waals surface area contributed by atoms with Gasteiger partial charge in [0.25, 0.3) is 0 Å². The average molecular weight is 833 g/mol. The minimum atomic E-state index is -1.44. The molecule has 0 radical (unpaired) electrons. The Morgan fingerprint density at radius 2 is 1.06 bits per heavy atom. The summed E-state index contributed by atoms with van der Waals surface area (Å²) in [4.78, 5) is 2.30. The van der Waals surface area contributed by atoms with E-state index in [1.165, 1.54) is 56.0 Å². The van der Waals surface area contributed by atoms with E-state index in [-0.39, 0.29) is 7.92 Å². The first-order chi connectivity index (χ1) is 23.9. The van der Waals surface area contributed by atoms with Gasteiger partial charge in [-0.1, -0.05) is 71.8 Å². The zero-order chi connectivity index (χ0) is 36.5. The largest absolute Gasteiger partial charge is 0.507 e. The number of aryl methyl sites for hydroxylation is 6. The Kier molecular flexibility index (Phi) is 21.3. The van der Waals surface area contributed by atoms with Crippen LogP contribution in [-0.4, -0.2) is 34.7 Å². The quantitative estimate of drug-likeness (QED) is 0.177. The van der Waals surface area contributed by atoms with Gasteiger partial charge in [-0.25, -0.2) is 0 Å². The number of halogens is 2. The van der Waals surface area contributed by atoms with Gasteiger partial charge in [-0.05, 0) is 143 Å². The number of hydrogen-bond donors (Lipinski definition) is 1. The molecule has 2 aromatic carbocycles. The molecule has 0 bridgehead atoms. The molecular formula is C44H73Cl2N2PRu. The SMILES string of the molecule is C1CCC([PH+](C2CCCCC2)C2CCCCC2)CC1.CC(C)C[CH]=[Ru]([Cl])[Cl].Cc1cc(C)c(N2[CH-]NCC2)c(C)c1.Cc1cc(C)cc(C)c1. The first-order valence-corrected chi connectivity index (χ1v) is 27.3. The Labute approximate surface area is 323 Å². The van der Waals surface area contributed by atoms with Crippen LogP contribution in [0, 0.1) is 54.1 Å². The molecule has 4 fully saturated rings. The Balaban J connectivity index is 0.000000192. The van der Waals surface area contributed by atoms with Gasteiger partial charge in [0.1, 0.15) is 0 Å². The monoisotopic (exact) mass is 832 g/mol. The summed E-state index contributed by atoms with van der Waals surface area (Å²) < 4.78 is 2.04. The molecule has 3 aliphatic carbocycles. The zero-order valence-electron chi connectivity index (χ0n) is 33.1. The summed E-state index contributed by atoms with van der Waals surface area (Å²) >= 11 is -1.44. The van der Waals surface area contributed by atoms with Crippen molar-refractivity contribution in [1.29, 1.82) is 0 Å². The number of nitrogens with one attached hydrogen (secondary N) is 1. The molecule has 1 N–H and O–H groups in total. The third kappa shape index (κ3) is 16.4.